The molecule has 1 aromatic carbocycles. The van der Waals surface area contributed by atoms with E-state index in [1.165, 1.54) is 0 Å². The normalized spacial score (nSPS) is 14.2. The quantitative estimate of drug-likeness (QED) is 0.888. The number of rotatable bonds is 4. The molecule has 5 nitrogen and oxygen atoms in total. The van der Waals surface area contributed by atoms with E-state index in [4.69, 9.17) is 9.84 Å². The van der Waals surface area contributed by atoms with Gasteiger partial charge < -0.3 is 15.2 Å². The number of carbonyl (C=O) groups is 2. The number of hydrogen-bond acceptors (Lipinski definition) is 3. The molecule has 0 fully saturated rings. The number of carbonyl (C=O) groups excluding carboxylic acids is 1. The van der Waals surface area contributed by atoms with Crippen LogP contribution in [0.3, 0.4) is 0 Å². The van der Waals surface area contributed by atoms with Crippen LogP contribution in [0.1, 0.15) is 39.3 Å². The molecule has 0 saturated heterocycles. The summed E-state index contributed by atoms with van der Waals surface area (Å²) in [7, 11) is 0. The van der Waals surface area contributed by atoms with Crippen LogP contribution >= 0.6 is 0 Å². The second kappa shape index (κ2) is 6.41. The number of hydrogen-bond donors (Lipinski definition) is 2. The van der Waals surface area contributed by atoms with Crippen molar-refractivity contribution in [2.24, 2.45) is 5.92 Å². The molecule has 1 amide bonds. The Morgan fingerprint density at radius 2 is 1.75 bits per heavy atom. The molecule has 1 rings (SSSR count). The van der Waals surface area contributed by atoms with E-state index in [9.17, 15) is 9.59 Å². The Labute approximate surface area is 118 Å². The molecular formula is C15H21NO4. The molecule has 0 aliphatic carbocycles. The van der Waals surface area contributed by atoms with Crippen LogP contribution in [0.5, 0.6) is 0 Å². The highest BCUT2D eigenvalue weighted by Gasteiger charge is 2.28. The molecular weight excluding hydrogens is 258 g/mol. The third-order valence-corrected chi connectivity index (χ3v) is 2.72. The number of aliphatic carboxylic acids is 1. The maximum atomic E-state index is 11.8. The highest BCUT2D eigenvalue weighted by molar-refractivity contribution is 5.74. The fourth-order valence-corrected chi connectivity index (χ4v) is 1.73. The SMILES string of the molecule is CC(C(=O)O)[C@@H](NC(=O)OC(C)(C)C)c1ccccc1. The molecule has 1 unspecified atom stereocenters. The number of nitrogens with one attached hydrogen (secondary N) is 1. The van der Waals surface area contributed by atoms with E-state index >= 15 is 0 Å². The molecule has 2 atom stereocenters. The molecule has 0 saturated carbocycles. The summed E-state index contributed by atoms with van der Waals surface area (Å²) in [5, 5.41) is 11.8. The van der Waals surface area contributed by atoms with Crippen LogP contribution in [0.2, 0.25) is 0 Å². The van der Waals surface area contributed by atoms with Gasteiger partial charge >= 0.3 is 12.1 Å². The molecule has 0 radical (unpaired) electrons. The Bertz CT molecular complexity index is 465. The number of carboxylic acids is 1. The van der Waals surface area contributed by atoms with Crippen LogP contribution in [-0.2, 0) is 9.53 Å². The van der Waals surface area contributed by atoms with Gasteiger partial charge in [0.1, 0.15) is 5.60 Å². The average molecular weight is 279 g/mol. The summed E-state index contributed by atoms with van der Waals surface area (Å²) < 4.78 is 5.18. The third-order valence-electron chi connectivity index (χ3n) is 2.72. The lowest BCUT2D eigenvalue weighted by atomic mass is 9.95. The van der Waals surface area contributed by atoms with Gasteiger partial charge in [-0.1, -0.05) is 30.3 Å². The summed E-state index contributed by atoms with van der Waals surface area (Å²) in [5.74, 6) is -1.74. The highest BCUT2D eigenvalue weighted by atomic mass is 16.6. The van der Waals surface area contributed by atoms with E-state index in [0.717, 1.165) is 5.56 Å². The Kier molecular flexibility index (Phi) is 5.13. The Morgan fingerprint density at radius 1 is 1.20 bits per heavy atom. The summed E-state index contributed by atoms with van der Waals surface area (Å²) in [6, 6.07) is 8.35. The van der Waals surface area contributed by atoms with Crippen molar-refractivity contribution in [1.82, 2.24) is 5.32 Å². The molecule has 1 aromatic rings. The van der Waals surface area contributed by atoms with E-state index in [2.05, 4.69) is 5.32 Å². The van der Waals surface area contributed by atoms with Gasteiger partial charge in [0.15, 0.2) is 0 Å². The van der Waals surface area contributed by atoms with E-state index in [0.29, 0.717) is 0 Å². The van der Waals surface area contributed by atoms with E-state index in [-0.39, 0.29) is 0 Å². The van der Waals surface area contributed by atoms with Crippen molar-refractivity contribution in [2.75, 3.05) is 0 Å². The van der Waals surface area contributed by atoms with Gasteiger partial charge in [0, 0.05) is 0 Å². The summed E-state index contributed by atoms with van der Waals surface area (Å²) >= 11 is 0. The van der Waals surface area contributed by atoms with Crippen molar-refractivity contribution in [3.05, 3.63) is 35.9 Å². The molecule has 20 heavy (non-hydrogen) atoms. The monoisotopic (exact) mass is 279 g/mol. The highest BCUT2D eigenvalue weighted by Crippen LogP contribution is 2.22. The van der Waals surface area contributed by atoms with Gasteiger partial charge in [-0.05, 0) is 33.3 Å². The first-order valence-corrected chi connectivity index (χ1v) is 6.48. The van der Waals surface area contributed by atoms with Crippen LogP contribution in [0.25, 0.3) is 0 Å². The number of amides is 1. The third kappa shape index (κ3) is 4.91. The topological polar surface area (TPSA) is 75.6 Å². The molecule has 110 valence electrons. The lowest BCUT2D eigenvalue weighted by Crippen LogP contribution is -2.39. The number of carboxylic acid groups (broad SMARTS) is 1. The number of ether oxygens (including phenoxy) is 1. The first kappa shape index (κ1) is 16.0. The van der Waals surface area contributed by atoms with Crippen LogP contribution in [0, 0.1) is 5.92 Å². The zero-order chi connectivity index (χ0) is 15.3. The van der Waals surface area contributed by atoms with Gasteiger partial charge in [0.25, 0.3) is 0 Å². The van der Waals surface area contributed by atoms with Gasteiger partial charge in [-0.15, -0.1) is 0 Å². The van der Waals surface area contributed by atoms with Crippen LogP contribution in [0.4, 0.5) is 4.79 Å². The fourth-order valence-electron chi connectivity index (χ4n) is 1.73. The lowest BCUT2D eigenvalue weighted by Gasteiger charge is -2.26. The predicted molar refractivity (Wildman–Crippen MR) is 75.4 cm³/mol. The van der Waals surface area contributed by atoms with Gasteiger partial charge in [0.05, 0.1) is 12.0 Å². The Morgan fingerprint density at radius 3 is 2.20 bits per heavy atom. The Balaban J connectivity index is 2.90. The Hall–Kier alpha value is -2.04. The summed E-state index contributed by atoms with van der Waals surface area (Å²) in [6.07, 6.45) is -0.626. The smallest absolute Gasteiger partial charge is 0.408 e. The maximum Gasteiger partial charge on any atom is 0.408 e. The molecule has 0 aromatic heterocycles. The second-order valence-corrected chi connectivity index (χ2v) is 5.66. The van der Waals surface area contributed by atoms with Gasteiger partial charge in [-0.25, -0.2) is 4.79 Å². The zero-order valence-corrected chi connectivity index (χ0v) is 12.2. The lowest BCUT2D eigenvalue weighted by molar-refractivity contribution is -0.142. The van der Waals surface area contributed by atoms with Gasteiger partial charge in [-0.2, -0.15) is 0 Å². The summed E-state index contributed by atoms with van der Waals surface area (Å²) in [6.45, 7) is 6.82. The van der Waals surface area contributed by atoms with Crippen molar-refractivity contribution >= 4 is 12.1 Å². The van der Waals surface area contributed by atoms with Crippen molar-refractivity contribution in [1.29, 1.82) is 0 Å². The first-order valence-electron chi connectivity index (χ1n) is 6.48. The molecule has 0 spiro atoms. The summed E-state index contributed by atoms with van der Waals surface area (Å²) in [5.41, 5.74) is 0.103. The van der Waals surface area contributed by atoms with Crippen LogP contribution in [-0.4, -0.2) is 22.8 Å². The fraction of sp³-hybridized carbons (Fsp3) is 0.467. The van der Waals surface area contributed by atoms with Crippen molar-refractivity contribution < 1.29 is 19.4 Å². The summed E-state index contributed by atoms with van der Waals surface area (Å²) in [4.78, 5) is 23.0. The van der Waals surface area contributed by atoms with E-state index < -0.39 is 29.6 Å². The predicted octanol–water partition coefficient (Wildman–Crippen LogP) is 2.97. The van der Waals surface area contributed by atoms with Gasteiger partial charge in [-0.3, -0.25) is 4.79 Å². The van der Waals surface area contributed by atoms with Crippen molar-refractivity contribution in [2.45, 2.75) is 39.3 Å². The standard InChI is InChI=1S/C15H21NO4/c1-10(13(17)18)12(11-8-6-5-7-9-11)16-14(19)20-15(2,3)4/h5-10,12H,1-4H3,(H,16,19)(H,17,18)/t10?,12-/m1/s1. The van der Waals surface area contributed by atoms with E-state index in [1.54, 1.807) is 52.0 Å². The second-order valence-electron chi connectivity index (χ2n) is 5.66. The van der Waals surface area contributed by atoms with Crippen LogP contribution in [0.15, 0.2) is 30.3 Å². The minimum atomic E-state index is -0.977. The zero-order valence-electron chi connectivity index (χ0n) is 12.2. The van der Waals surface area contributed by atoms with Crippen molar-refractivity contribution in [3.63, 3.8) is 0 Å². The maximum absolute atomic E-state index is 11.8. The largest absolute Gasteiger partial charge is 0.481 e. The molecule has 5 heteroatoms. The molecule has 0 aliphatic rings. The average Bonchev–Trinajstić information content (AvgIpc) is 2.34. The first-order chi connectivity index (χ1) is 9.20. The molecule has 0 heterocycles. The molecule has 0 aliphatic heterocycles. The minimum Gasteiger partial charge on any atom is -0.481 e. The van der Waals surface area contributed by atoms with E-state index in [1.807, 2.05) is 6.07 Å². The van der Waals surface area contributed by atoms with Crippen LogP contribution < -0.4 is 5.32 Å². The van der Waals surface area contributed by atoms with Crippen molar-refractivity contribution in [3.8, 4) is 0 Å². The number of benzene rings is 1. The molecule has 2 N–H and O–H groups in total. The minimum absolute atomic E-state index is 0.626. The molecule has 0 bridgehead atoms. The van der Waals surface area contributed by atoms with Gasteiger partial charge in [0.2, 0.25) is 0 Å². The number of alkyl carbamates (subject to hydrolysis) is 1.